The molecule has 0 radical (unpaired) electrons. The van der Waals surface area contributed by atoms with E-state index in [4.69, 9.17) is 0 Å². The zero-order valence-electron chi connectivity index (χ0n) is 8.59. The van der Waals surface area contributed by atoms with Crippen LogP contribution in [0.2, 0.25) is 0 Å². The first-order valence-electron chi connectivity index (χ1n) is 4.71. The molecule has 1 heterocycles. The summed E-state index contributed by atoms with van der Waals surface area (Å²) >= 11 is 0. The summed E-state index contributed by atoms with van der Waals surface area (Å²) in [5.74, 6) is -0.754. The Balaban J connectivity index is 0.000000531. The van der Waals surface area contributed by atoms with Crippen LogP contribution in [0, 0.1) is 11.6 Å². The van der Waals surface area contributed by atoms with Gasteiger partial charge in [-0.1, -0.05) is 13.8 Å². The van der Waals surface area contributed by atoms with Crippen LogP contribution in [-0.2, 0) is 0 Å². The van der Waals surface area contributed by atoms with E-state index >= 15 is 0 Å². The van der Waals surface area contributed by atoms with Crippen LogP contribution in [0.5, 0.6) is 0 Å². The van der Waals surface area contributed by atoms with Crippen LogP contribution in [0.4, 0.5) is 8.78 Å². The molecule has 0 unspecified atom stereocenters. The average Bonchev–Trinajstić information content (AvgIpc) is 2.72. The van der Waals surface area contributed by atoms with E-state index in [1.807, 2.05) is 13.8 Å². The minimum atomic E-state index is -0.605. The molecule has 2 nitrogen and oxygen atoms in total. The number of nitrogens with one attached hydrogen (secondary N) is 1. The maximum Gasteiger partial charge on any atom is 0.137 e. The Hall–Kier alpha value is -1.71. The Morgan fingerprint density at radius 2 is 1.67 bits per heavy atom. The molecule has 1 aromatic heterocycles. The highest BCUT2D eigenvalue weighted by molar-refractivity contribution is 5.54. The lowest BCUT2D eigenvalue weighted by molar-refractivity contribution is 0.584. The van der Waals surface area contributed by atoms with E-state index in [2.05, 4.69) is 9.97 Å². The number of benzene rings is 1. The summed E-state index contributed by atoms with van der Waals surface area (Å²) in [6.45, 7) is 4.00. The van der Waals surface area contributed by atoms with Gasteiger partial charge < -0.3 is 4.98 Å². The van der Waals surface area contributed by atoms with Gasteiger partial charge in [-0.3, -0.25) is 0 Å². The molecule has 0 amide bonds. The number of aromatic nitrogens is 2. The first-order valence-corrected chi connectivity index (χ1v) is 4.71. The quantitative estimate of drug-likeness (QED) is 0.767. The number of nitrogens with zero attached hydrogens (tertiary/aromatic N) is 1. The van der Waals surface area contributed by atoms with Gasteiger partial charge in [0.15, 0.2) is 0 Å². The number of imidazole rings is 1. The summed E-state index contributed by atoms with van der Waals surface area (Å²) in [6.07, 6.45) is 3.12. The number of halogens is 2. The number of H-pyrrole nitrogens is 1. The Morgan fingerprint density at radius 3 is 2.13 bits per heavy atom. The number of hydrogen-bond acceptors (Lipinski definition) is 1. The minimum absolute atomic E-state index is 0.405. The summed E-state index contributed by atoms with van der Waals surface area (Å²) < 4.78 is 25.5. The van der Waals surface area contributed by atoms with Gasteiger partial charge in [-0.05, 0) is 12.1 Å². The van der Waals surface area contributed by atoms with Crippen LogP contribution in [-0.4, -0.2) is 9.97 Å². The van der Waals surface area contributed by atoms with Crippen LogP contribution in [0.1, 0.15) is 13.8 Å². The van der Waals surface area contributed by atoms with Gasteiger partial charge in [0.1, 0.15) is 17.5 Å². The predicted octanol–water partition coefficient (Wildman–Crippen LogP) is 3.38. The Labute approximate surface area is 87.0 Å². The van der Waals surface area contributed by atoms with E-state index < -0.39 is 11.6 Å². The normalized spacial score (nSPS) is 9.33. The van der Waals surface area contributed by atoms with Crippen molar-refractivity contribution in [1.82, 2.24) is 9.97 Å². The molecule has 1 N–H and O–H groups in total. The smallest absolute Gasteiger partial charge is 0.137 e. The highest BCUT2D eigenvalue weighted by atomic mass is 19.1. The van der Waals surface area contributed by atoms with Gasteiger partial charge in [0.05, 0.1) is 0 Å². The van der Waals surface area contributed by atoms with Gasteiger partial charge in [-0.25, -0.2) is 13.8 Å². The summed E-state index contributed by atoms with van der Waals surface area (Å²) in [4.78, 5) is 6.64. The van der Waals surface area contributed by atoms with Crippen molar-refractivity contribution in [2.45, 2.75) is 13.8 Å². The fourth-order valence-corrected chi connectivity index (χ4v) is 1.11. The van der Waals surface area contributed by atoms with E-state index in [9.17, 15) is 8.78 Å². The molecule has 1 aromatic carbocycles. The van der Waals surface area contributed by atoms with Gasteiger partial charge in [0.2, 0.25) is 0 Å². The molecule has 0 spiro atoms. The summed E-state index contributed by atoms with van der Waals surface area (Å²) in [5.41, 5.74) is 0.405. The van der Waals surface area contributed by atoms with Crippen LogP contribution in [0.3, 0.4) is 0 Å². The van der Waals surface area contributed by atoms with Gasteiger partial charge >= 0.3 is 0 Å². The minimum Gasteiger partial charge on any atom is -0.345 e. The van der Waals surface area contributed by atoms with E-state index in [1.165, 1.54) is 18.3 Å². The lowest BCUT2D eigenvalue weighted by Crippen LogP contribution is -1.85. The second kappa shape index (κ2) is 5.24. The monoisotopic (exact) mass is 210 g/mol. The van der Waals surface area contributed by atoms with E-state index in [0.29, 0.717) is 11.4 Å². The molecule has 0 aliphatic carbocycles. The number of aromatic amines is 1. The van der Waals surface area contributed by atoms with Crippen LogP contribution in [0.25, 0.3) is 11.4 Å². The van der Waals surface area contributed by atoms with Crippen LogP contribution in [0.15, 0.2) is 30.6 Å². The molecule has 2 aromatic rings. The van der Waals surface area contributed by atoms with Gasteiger partial charge in [0.25, 0.3) is 0 Å². The van der Waals surface area contributed by atoms with E-state index in [-0.39, 0.29) is 0 Å². The standard InChI is InChI=1S/C9H6F2N2.C2H6/c10-7-3-6(4-8(11)5-7)9-12-1-2-13-9;1-2/h1-5H,(H,12,13);1-2H3. The predicted molar refractivity (Wildman–Crippen MR) is 55.3 cm³/mol. The number of rotatable bonds is 1. The maximum absolute atomic E-state index is 12.7. The Kier molecular flexibility index (Phi) is 3.97. The molecule has 0 atom stereocenters. The van der Waals surface area contributed by atoms with E-state index in [1.54, 1.807) is 6.20 Å². The highest BCUT2D eigenvalue weighted by Crippen LogP contribution is 2.17. The van der Waals surface area contributed by atoms with Crippen molar-refractivity contribution in [2.24, 2.45) is 0 Å². The van der Waals surface area contributed by atoms with Gasteiger partial charge in [-0.2, -0.15) is 0 Å². The zero-order chi connectivity index (χ0) is 11.3. The largest absolute Gasteiger partial charge is 0.345 e. The molecule has 4 heteroatoms. The van der Waals surface area contributed by atoms with Gasteiger partial charge in [0, 0.05) is 24.0 Å². The first kappa shape index (κ1) is 11.4. The Morgan fingerprint density at radius 1 is 1.07 bits per heavy atom. The molecule has 0 bridgehead atoms. The number of hydrogen-bond donors (Lipinski definition) is 1. The molecular formula is C11H12F2N2. The Bertz CT molecular complexity index is 390. The molecule has 0 fully saturated rings. The SMILES string of the molecule is CC.Fc1cc(F)cc(-c2ncc[nH]2)c1. The third-order valence-electron chi connectivity index (χ3n) is 1.63. The third kappa shape index (κ3) is 2.87. The zero-order valence-corrected chi connectivity index (χ0v) is 8.59. The third-order valence-corrected chi connectivity index (χ3v) is 1.63. The molecule has 0 aliphatic heterocycles. The summed E-state index contributed by atoms with van der Waals surface area (Å²) in [6, 6.07) is 3.27. The van der Waals surface area contributed by atoms with Crippen molar-refractivity contribution in [3.63, 3.8) is 0 Å². The fraction of sp³-hybridized carbons (Fsp3) is 0.182. The maximum atomic E-state index is 12.7. The molecule has 80 valence electrons. The average molecular weight is 210 g/mol. The fourth-order valence-electron chi connectivity index (χ4n) is 1.11. The first-order chi connectivity index (χ1) is 7.25. The second-order valence-corrected chi connectivity index (χ2v) is 2.60. The molecular weight excluding hydrogens is 198 g/mol. The lowest BCUT2D eigenvalue weighted by Gasteiger charge is -1.97. The van der Waals surface area contributed by atoms with Crippen molar-refractivity contribution in [1.29, 1.82) is 0 Å². The van der Waals surface area contributed by atoms with Crippen molar-refractivity contribution in [3.8, 4) is 11.4 Å². The molecule has 0 aliphatic rings. The van der Waals surface area contributed by atoms with Crippen LogP contribution >= 0.6 is 0 Å². The molecule has 2 rings (SSSR count). The van der Waals surface area contributed by atoms with Crippen molar-refractivity contribution in [2.75, 3.05) is 0 Å². The summed E-state index contributed by atoms with van der Waals surface area (Å²) in [5, 5.41) is 0. The molecule has 0 saturated heterocycles. The molecule has 0 saturated carbocycles. The van der Waals surface area contributed by atoms with Gasteiger partial charge in [-0.15, -0.1) is 0 Å². The lowest BCUT2D eigenvalue weighted by atomic mass is 10.2. The van der Waals surface area contributed by atoms with Crippen molar-refractivity contribution >= 4 is 0 Å². The van der Waals surface area contributed by atoms with Crippen molar-refractivity contribution in [3.05, 3.63) is 42.2 Å². The summed E-state index contributed by atoms with van der Waals surface area (Å²) in [7, 11) is 0. The molecule has 15 heavy (non-hydrogen) atoms. The highest BCUT2D eigenvalue weighted by Gasteiger charge is 2.03. The van der Waals surface area contributed by atoms with Crippen LogP contribution < -0.4 is 0 Å². The van der Waals surface area contributed by atoms with Crippen molar-refractivity contribution < 1.29 is 8.78 Å². The second-order valence-electron chi connectivity index (χ2n) is 2.60. The topological polar surface area (TPSA) is 28.7 Å². The van der Waals surface area contributed by atoms with E-state index in [0.717, 1.165) is 6.07 Å².